The number of pyridine rings is 2. The molecule has 0 aliphatic heterocycles. The van der Waals surface area contributed by atoms with Crippen molar-refractivity contribution in [3.63, 3.8) is 0 Å². The Balaban J connectivity index is -0.000000394. The summed E-state index contributed by atoms with van der Waals surface area (Å²) in [5.74, 6) is -4.27. The molecule has 2 aromatic heterocycles. The summed E-state index contributed by atoms with van der Waals surface area (Å²) in [6.45, 7) is 32.6. The van der Waals surface area contributed by atoms with Crippen molar-refractivity contribution < 1.29 is 88.0 Å². The zero-order chi connectivity index (χ0) is 44.7. The summed E-state index contributed by atoms with van der Waals surface area (Å²) in [5.41, 5.74) is 0.862. The number of carboxylic acids is 4. The first-order chi connectivity index (χ1) is 25.0. The Bertz CT molecular complexity index is 1570. The quantitative estimate of drug-likeness (QED) is 0.316. The minimum Gasteiger partial charge on any atom is -0.550 e. The van der Waals surface area contributed by atoms with Crippen molar-refractivity contribution in [2.45, 2.75) is 157 Å². The second-order valence-electron chi connectivity index (χ2n) is 18.1. The zero-order valence-corrected chi connectivity index (χ0v) is 40.7. The fourth-order valence-electron chi connectivity index (χ4n) is 4.24. The van der Waals surface area contributed by atoms with Gasteiger partial charge in [0, 0.05) is 53.9 Å². The first-order valence-corrected chi connectivity index (χ1v) is 18.1. The third-order valence-corrected chi connectivity index (χ3v) is 7.50. The Kier molecular flexibility index (Phi) is 26.3. The maximum atomic E-state index is 11.5. The molecule has 0 unspecified atom stereocenters. The number of carboxylic acid groups (broad SMARTS) is 4. The number of rotatable bonds is 6. The Morgan fingerprint density at radius 1 is 0.448 bits per heavy atom. The molecule has 1 aromatic carbocycles. The van der Waals surface area contributed by atoms with Gasteiger partial charge in [-0.25, -0.2) is 0 Å². The van der Waals surface area contributed by atoms with Gasteiger partial charge in [0.1, 0.15) is 22.7 Å². The van der Waals surface area contributed by atoms with Crippen LogP contribution in [0.25, 0.3) is 0 Å². The monoisotopic (exact) mass is 986 g/mol. The molecule has 0 aliphatic rings. The van der Waals surface area contributed by atoms with E-state index in [0.717, 1.165) is 25.0 Å². The molecular weight excluding hydrogens is 922 g/mol. The molecule has 2 heterocycles. The van der Waals surface area contributed by atoms with E-state index < -0.39 is 35.1 Å². The summed E-state index contributed by atoms with van der Waals surface area (Å²) < 4.78 is 11.6. The fraction of sp³-hybridized carbons (Fsp3) is 0.545. The first kappa shape index (κ1) is 60.9. The van der Waals surface area contributed by atoms with Gasteiger partial charge in [-0.1, -0.05) is 83.1 Å². The summed E-state index contributed by atoms with van der Waals surface area (Å²) in [6, 6.07) is 11.7. The van der Waals surface area contributed by atoms with E-state index in [0.29, 0.717) is 11.5 Å². The Morgan fingerprint density at radius 2 is 0.672 bits per heavy atom. The van der Waals surface area contributed by atoms with E-state index >= 15 is 0 Å². The van der Waals surface area contributed by atoms with Crippen LogP contribution in [0.4, 0.5) is 0 Å². The van der Waals surface area contributed by atoms with Gasteiger partial charge in [0.25, 0.3) is 0 Å². The van der Waals surface area contributed by atoms with Crippen molar-refractivity contribution in [2.24, 2.45) is 0 Å². The molecule has 0 aliphatic carbocycles. The van der Waals surface area contributed by atoms with E-state index in [1.807, 2.05) is 72.4 Å². The molecule has 0 saturated heterocycles. The summed E-state index contributed by atoms with van der Waals surface area (Å²) in [7, 11) is 0. The van der Waals surface area contributed by atoms with Gasteiger partial charge in [0.15, 0.2) is 0 Å². The average Bonchev–Trinajstić information content (AvgIpc) is 2.99. The van der Waals surface area contributed by atoms with Crippen LogP contribution < -0.4 is 29.9 Å². The van der Waals surface area contributed by atoms with Crippen LogP contribution in [0.5, 0.6) is 11.5 Å². The number of nitrogens with zero attached hydrogens (tertiary/aromatic N) is 2. The van der Waals surface area contributed by atoms with Crippen LogP contribution in [0, 0.1) is 0 Å². The van der Waals surface area contributed by atoms with Crippen LogP contribution in [0.15, 0.2) is 61.2 Å². The summed E-state index contributed by atoms with van der Waals surface area (Å²) >= 11 is 0. The smallest absolute Gasteiger partial charge is 0.550 e. The molecule has 0 spiro atoms. The number of carbonyl (C=O) groups excluding carboxylic acids is 4. The Labute approximate surface area is 372 Å². The van der Waals surface area contributed by atoms with Gasteiger partial charge in [-0.15, -0.1) is 0 Å². The van der Waals surface area contributed by atoms with Gasteiger partial charge in [-0.05, 0) is 105 Å². The maximum absolute atomic E-state index is 11.5. The molecule has 0 atom stereocenters. The van der Waals surface area contributed by atoms with Crippen molar-refractivity contribution in [1.29, 1.82) is 0 Å². The standard InChI is InChI=1S/C22H34O6.2C9H13N.2C2H4O2.2Rh/c1-19(2,3)13-11-14(20(4,5)6)16(28-22(9,10)18(25)26)12-15(13)27-21(7,8)17(23)24;2*1-9(2,3)8-4-6-10-7-5-8;2*1-2(3)4;;/h11-12H,1-10H3,(H,23,24)(H,25,26);2*4-7H,1-3H3;2*1H3,(H,3,4);;/q;;;;;2*+2/p-4. The molecule has 0 fully saturated rings. The molecule has 0 N–H and O–H groups in total. The second kappa shape index (κ2) is 25.0. The van der Waals surface area contributed by atoms with E-state index in [9.17, 15) is 19.8 Å². The van der Waals surface area contributed by atoms with E-state index in [-0.39, 0.29) is 60.6 Å². The van der Waals surface area contributed by atoms with E-state index in [4.69, 9.17) is 29.3 Å². The van der Waals surface area contributed by atoms with Gasteiger partial charge < -0.3 is 49.1 Å². The summed E-state index contributed by atoms with van der Waals surface area (Å²) in [4.78, 5) is 48.6. The van der Waals surface area contributed by atoms with Gasteiger partial charge in [0.2, 0.25) is 0 Å². The minimum atomic E-state index is -1.58. The van der Waals surface area contributed by atoms with Crippen LogP contribution in [0.1, 0.15) is 147 Å². The molecular formula is C44H64N2O10Rh2. The predicted molar refractivity (Wildman–Crippen MR) is 211 cm³/mol. The Hall–Kier alpha value is -3.75. The summed E-state index contributed by atoms with van der Waals surface area (Å²) in [5, 5.41) is 40.7. The van der Waals surface area contributed by atoms with Gasteiger partial charge in [-0.2, -0.15) is 0 Å². The van der Waals surface area contributed by atoms with E-state index in [1.165, 1.54) is 38.8 Å². The molecule has 328 valence electrons. The minimum absolute atomic E-state index is 0. The number of aromatic nitrogens is 2. The second-order valence-corrected chi connectivity index (χ2v) is 18.1. The topological polar surface area (TPSA) is 205 Å². The first-order valence-electron chi connectivity index (χ1n) is 18.1. The number of hydrogen-bond acceptors (Lipinski definition) is 12. The zero-order valence-electron chi connectivity index (χ0n) is 37.4. The van der Waals surface area contributed by atoms with Crippen molar-refractivity contribution in [1.82, 2.24) is 9.97 Å². The molecule has 3 rings (SSSR count). The van der Waals surface area contributed by atoms with Gasteiger partial charge >= 0.3 is 39.0 Å². The molecule has 0 amide bonds. The van der Waals surface area contributed by atoms with Crippen LogP contribution >= 0.6 is 0 Å². The molecule has 3 aromatic rings. The molecule has 0 bridgehead atoms. The maximum Gasteiger partial charge on any atom is 2.00 e. The number of carbonyl (C=O) groups is 4. The molecule has 14 heteroatoms. The van der Waals surface area contributed by atoms with Crippen LogP contribution in [0.2, 0.25) is 0 Å². The summed E-state index contributed by atoms with van der Waals surface area (Å²) in [6.07, 6.45) is 7.34. The Morgan fingerprint density at radius 3 is 0.828 bits per heavy atom. The van der Waals surface area contributed by atoms with Crippen LogP contribution in [-0.4, -0.2) is 45.0 Å². The van der Waals surface area contributed by atoms with Crippen molar-refractivity contribution in [3.8, 4) is 11.5 Å². The molecule has 2 radical (unpaired) electrons. The number of aliphatic carboxylic acids is 4. The van der Waals surface area contributed by atoms with Gasteiger partial charge in [-0.3, -0.25) is 9.97 Å². The van der Waals surface area contributed by atoms with Crippen molar-refractivity contribution in [3.05, 3.63) is 83.4 Å². The van der Waals surface area contributed by atoms with Crippen LogP contribution in [0.3, 0.4) is 0 Å². The van der Waals surface area contributed by atoms with Crippen LogP contribution in [-0.2, 0) is 79.8 Å². The average molecular weight is 987 g/mol. The molecule has 0 saturated carbocycles. The van der Waals surface area contributed by atoms with E-state index in [1.54, 1.807) is 6.07 Å². The van der Waals surface area contributed by atoms with Gasteiger partial charge in [0.05, 0.1) is 11.9 Å². The molecule has 12 nitrogen and oxygen atoms in total. The number of hydrogen-bond donors (Lipinski definition) is 0. The predicted octanol–water partition coefficient (Wildman–Crippen LogP) is 4.36. The van der Waals surface area contributed by atoms with Crippen molar-refractivity contribution in [2.75, 3.05) is 0 Å². The number of ether oxygens (including phenoxy) is 2. The normalized spacial score (nSPS) is 11.2. The fourth-order valence-corrected chi connectivity index (χ4v) is 4.24. The number of benzene rings is 1. The van der Waals surface area contributed by atoms with Crippen molar-refractivity contribution >= 4 is 23.9 Å². The molecule has 58 heavy (non-hydrogen) atoms. The largest absolute Gasteiger partial charge is 2.00 e. The van der Waals surface area contributed by atoms with E-state index in [2.05, 4.69) is 75.8 Å². The SMILES string of the molecule is CC(=O)[O-].CC(=O)[O-].CC(C)(C)c1ccncc1.CC(C)(C)c1ccncc1.CC(C)(Oc1cc(OC(C)(C)C(=O)[O-])c(C(C)(C)C)cc1C(C)(C)C)C(=O)[O-].[Rh+2].[Rh+2]. The third-order valence-electron chi connectivity index (χ3n) is 7.50. The third kappa shape index (κ3) is 24.9.